The molecule has 0 aliphatic heterocycles. The molecule has 2 amide bonds. The molecule has 0 saturated carbocycles. The van der Waals surface area contributed by atoms with Crippen LogP contribution in [0.1, 0.15) is 27.3 Å². The topological polar surface area (TPSA) is 98.1 Å². The number of ether oxygens (including phenoxy) is 1. The van der Waals surface area contributed by atoms with Gasteiger partial charge >= 0.3 is 0 Å². The number of amides is 2. The van der Waals surface area contributed by atoms with Crippen LogP contribution in [0.4, 0.5) is 5.69 Å². The highest BCUT2D eigenvalue weighted by atomic mass is 32.2. The van der Waals surface area contributed by atoms with Gasteiger partial charge in [-0.1, -0.05) is 48.2 Å². The molecule has 9 heteroatoms. The van der Waals surface area contributed by atoms with E-state index < -0.39 is 0 Å². The van der Waals surface area contributed by atoms with Crippen molar-refractivity contribution in [1.29, 1.82) is 0 Å². The van der Waals surface area contributed by atoms with Crippen LogP contribution in [-0.2, 0) is 11.3 Å². The monoisotopic (exact) mass is 501 g/mol. The van der Waals surface area contributed by atoms with Gasteiger partial charge in [0.05, 0.1) is 25.0 Å². The molecule has 0 saturated heterocycles. The molecule has 1 heterocycles. The van der Waals surface area contributed by atoms with Crippen LogP contribution in [0, 0.1) is 13.8 Å². The van der Waals surface area contributed by atoms with Crippen LogP contribution in [0.3, 0.4) is 0 Å². The largest absolute Gasteiger partial charge is 0.496 e. The van der Waals surface area contributed by atoms with Gasteiger partial charge in [-0.3, -0.25) is 14.2 Å². The van der Waals surface area contributed by atoms with Crippen molar-refractivity contribution in [3.05, 3.63) is 95.3 Å². The number of para-hydroxylation sites is 1. The summed E-state index contributed by atoms with van der Waals surface area (Å²) in [4.78, 5) is 25.4. The van der Waals surface area contributed by atoms with Crippen LogP contribution in [-0.4, -0.2) is 39.4 Å². The summed E-state index contributed by atoms with van der Waals surface area (Å²) in [6.07, 6.45) is 0. The first kappa shape index (κ1) is 25.0. The lowest BCUT2D eigenvalue weighted by molar-refractivity contribution is -0.113. The number of hydrogen-bond acceptors (Lipinski definition) is 6. The molecular weight excluding hydrogens is 474 g/mol. The smallest absolute Gasteiger partial charge is 0.255 e. The lowest BCUT2D eigenvalue weighted by atomic mass is 10.2. The highest BCUT2D eigenvalue weighted by Gasteiger charge is 2.18. The van der Waals surface area contributed by atoms with E-state index in [1.807, 2.05) is 73.0 Å². The van der Waals surface area contributed by atoms with Crippen molar-refractivity contribution in [1.82, 2.24) is 20.1 Å². The van der Waals surface area contributed by atoms with E-state index in [2.05, 4.69) is 20.8 Å². The van der Waals surface area contributed by atoms with Crippen molar-refractivity contribution in [2.75, 3.05) is 18.2 Å². The van der Waals surface area contributed by atoms with Gasteiger partial charge in [0.2, 0.25) is 5.91 Å². The van der Waals surface area contributed by atoms with Gasteiger partial charge in [0.15, 0.2) is 11.0 Å². The number of carbonyl (C=O) groups is 2. The second kappa shape index (κ2) is 11.5. The molecule has 8 nitrogen and oxygen atoms in total. The second-order valence-electron chi connectivity index (χ2n) is 8.16. The Morgan fingerprint density at radius 2 is 1.69 bits per heavy atom. The third kappa shape index (κ3) is 6.11. The number of hydrogen-bond donors (Lipinski definition) is 2. The van der Waals surface area contributed by atoms with Crippen LogP contribution in [0.15, 0.2) is 78.0 Å². The fraction of sp³-hybridized carbons (Fsp3) is 0.185. The van der Waals surface area contributed by atoms with Crippen LogP contribution < -0.4 is 15.4 Å². The molecule has 3 aromatic carbocycles. The van der Waals surface area contributed by atoms with Gasteiger partial charge in [0.1, 0.15) is 5.75 Å². The van der Waals surface area contributed by atoms with Crippen molar-refractivity contribution in [3.8, 4) is 11.4 Å². The van der Waals surface area contributed by atoms with Gasteiger partial charge in [0, 0.05) is 11.4 Å². The Morgan fingerprint density at radius 1 is 0.944 bits per heavy atom. The van der Waals surface area contributed by atoms with Crippen molar-refractivity contribution >= 4 is 29.3 Å². The zero-order chi connectivity index (χ0) is 25.5. The fourth-order valence-electron chi connectivity index (χ4n) is 3.67. The zero-order valence-electron chi connectivity index (χ0n) is 20.3. The number of benzene rings is 3. The Bertz CT molecular complexity index is 1390. The average molecular weight is 502 g/mol. The molecule has 0 bridgehead atoms. The molecule has 0 aliphatic carbocycles. The SMILES string of the molecule is COc1ccccc1C(=O)NCc1nnc(SCC(=O)Nc2cccc(C)c2)n1-c1cccc(C)c1. The summed E-state index contributed by atoms with van der Waals surface area (Å²) in [5.41, 5.74) is 4.17. The maximum absolute atomic E-state index is 12.8. The number of methoxy groups -OCH3 is 1. The summed E-state index contributed by atoms with van der Waals surface area (Å²) in [6.45, 7) is 4.12. The molecule has 0 atom stereocenters. The predicted molar refractivity (Wildman–Crippen MR) is 141 cm³/mol. The van der Waals surface area contributed by atoms with E-state index in [0.29, 0.717) is 22.3 Å². The molecular formula is C27H27N5O3S. The number of aryl methyl sites for hydroxylation is 2. The number of carbonyl (C=O) groups excluding carboxylic acids is 2. The minimum atomic E-state index is -0.280. The number of nitrogens with zero attached hydrogens (tertiary/aromatic N) is 3. The van der Waals surface area contributed by atoms with Crippen molar-refractivity contribution in [2.24, 2.45) is 0 Å². The average Bonchev–Trinajstić information content (AvgIpc) is 3.29. The van der Waals surface area contributed by atoms with E-state index in [1.54, 1.807) is 18.2 Å². The van der Waals surface area contributed by atoms with Crippen molar-refractivity contribution in [2.45, 2.75) is 25.5 Å². The maximum Gasteiger partial charge on any atom is 0.255 e. The fourth-order valence-corrected chi connectivity index (χ4v) is 4.44. The first-order valence-electron chi connectivity index (χ1n) is 11.4. The second-order valence-corrected chi connectivity index (χ2v) is 9.11. The van der Waals surface area contributed by atoms with E-state index in [-0.39, 0.29) is 24.1 Å². The lowest BCUT2D eigenvalue weighted by Crippen LogP contribution is -2.25. The normalized spacial score (nSPS) is 10.6. The number of anilines is 1. The first-order chi connectivity index (χ1) is 17.4. The Labute approximate surface area is 214 Å². The van der Waals surface area contributed by atoms with Crippen molar-refractivity contribution < 1.29 is 14.3 Å². The highest BCUT2D eigenvalue weighted by Crippen LogP contribution is 2.24. The minimum absolute atomic E-state index is 0.143. The number of thioether (sulfide) groups is 1. The third-order valence-electron chi connectivity index (χ3n) is 5.35. The summed E-state index contributed by atoms with van der Waals surface area (Å²) < 4.78 is 7.16. The summed E-state index contributed by atoms with van der Waals surface area (Å²) >= 11 is 1.28. The van der Waals surface area contributed by atoms with Gasteiger partial charge < -0.3 is 15.4 Å². The Kier molecular flexibility index (Phi) is 8.02. The molecule has 1 aromatic heterocycles. The number of nitrogens with one attached hydrogen (secondary N) is 2. The molecule has 0 fully saturated rings. The number of rotatable bonds is 9. The van der Waals surface area contributed by atoms with Gasteiger partial charge in [0.25, 0.3) is 5.91 Å². The van der Waals surface area contributed by atoms with E-state index in [0.717, 1.165) is 22.5 Å². The Balaban J connectivity index is 1.52. The van der Waals surface area contributed by atoms with Gasteiger partial charge in [-0.2, -0.15) is 0 Å². The standard InChI is InChI=1S/C27H27N5O3S/c1-18-8-6-10-20(14-18)29-25(33)17-36-27-31-30-24(32(27)21-11-7-9-19(2)15-21)16-28-26(34)22-12-4-5-13-23(22)35-3/h4-15H,16-17H2,1-3H3,(H,28,34)(H,29,33). The molecule has 184 valence electrons. The Morgan fingerprint density at radius 3 is 2.44 bits per heavy atom. The van der Waals surface area contributed by atoms with E-state index >= 15 is 0 Å². The van der Waals surface area contributed by atoms with Crippen LogP contribution in [0.5, 0.6) is 5.75 Å². The maximum atomic E-state index is 12.8. The molecule has 0 spiro atoms. The summed E-state index contributed by atoms with van der Waals surface area (Å²) in [6, 6.07) is 22.6. The molecule has 4 aromatic rings. The zero-order valence-corrected chi connectivity index (χ0v) is 21.1. The van der Waals surface area contributed by atoms with Crippen LogP contribution >= 0.6 is 11.8 Å². The molecule has 36 heavy (non-hydrogen) atoms. The number of aromatic nitrogens is 3. The quantitative estimate of drug-likeness (QED) is 0.327. The molecule has 2 N–H and O–H groups in total. The van der Waals surface area contributed by atoms with E-state index in [1.165, 1.54) is 18.9 Å². The lowest BCUT2D eigenvalue weighted by Gasteiger charge is -2.12. The molecule has 0 radical (unpaired) electrons. The van der Waals surface area contributed by atoms with E-state index in [9.17, 15) is 9.59 Å². The van der Waals surface area contributed by atoms with E-state index in [4.69, 9.17) is 4.74 Å². The van der Waals surface area contributed by atoms with Gasteiger partial charge in [-0.25, -0.2) is 0 Å². The first-order valence-corrected chi connectivity index (χ1v) is 12.3. The molecule has 4 rings (SSSR count). The third-order valence-corrected chi connectivity index (χ3v) is 6.28. The highest BCUT2D eigenvalue weighted by molar-refractivity contribution is 7.99. The molecule has 0 unspecified atom stereocenters. The van der Waals surface area contributed by atoms with Crippen LogP contribution in [0.2, 0.25) is 0 Å². The van der Waals surface area contributed by atoms with Crippen molar-refractivity contribution in [3.63, 3.8) is 0 Å². The van der Waals surface area contributed by atoms with Crippen LogP contribution in [0.25, 0.3) is 5.69 Å². The van der Waals surface area contributed by atoms with Gasteiger partial charge in [-0.15, -0.1) is 10.2 Å². The molecule has 0 aliphatic rings. The summed E-state index contributed by atoms with van der Waals surface area (Å²) in [5.74, 6) is 0.774. The van der Waals surface area contributed by atoms with Gasteiger partial charge in [-0.05, 0) is 61.4 Å². The summed E-state index contributed by atoms with van der Waals surface area (Å²) in [7, 11) is 1.53. The predicted octanol–water partition coefficient (Wildman–Crippen LogP) is 4.55. The Hall–Kier alpha value is -4.11. The minimum Gasteiger partial charge on any atom is -0.496 e. The summed E-state index contributed by atoms with van der Waals surface area (Å²) in [5, 5.41) is 15.0.